The molecule has 1 atom stereocenters. The Bertz CT molecular complexity index is 375. The third kappa shape index (κ3) is 8.51. The molecule has 1 N–H and O–H groups in total. The van der Waals surface area contributed by atoms with Gasteiger partial charge in [0.05, 0.1) is 0 Å². The van der Waals surface area contributed by atoms with Crippen molar-refractivity contribution >= 4 is 5.97 Å². The van der Waals surface area contributed by atoms with Crippen LogP contribution in [-0.4, -0.2) is 17.7 Å². The molecule has 0 amide bonds. The van der Waals surface area contributed by atoms with E-state index in [1.54, 1.807) is 0 Å². The Hall–Kier alpha value is -1.35. The van der Waals surface area contributed by atoms with Crippen LogP contribution in [0.5, 0.6) is 0 Å². The molecule has 0 bridgehead atoms. The van der Waals surface area contributed by atoms with Crippen LogP contribution in [0.4, 0.5) is 0 Å². The number of benzene rings is 1. The third-order valence-electron chi connectivity index (χ3n) is 3.57. The van der Waals surface area contributed by atoms with Crippen LogP contribution in [0.1, 0.15) is 70.0 Å². The van der Waals surface area contributed by atoms with E-state index in [0.29, 0.717) is 6.42 Å². The summed E-state index contributed by atoms with van der Waals surface area (Å²) in [5.41, 5.74) is 0.779. The summed E-state index contributed by atoms with van der Waals surface area (Å²) in [6, 6.07) is 9.27. The average Bonchev–Trinajstić information content (AvgIpc) is 2.52. The van der Waals surface area contributed by atoms with E-state index in [9.17, 15) is 9.90 Å². The van der Waals surface area contributed by atoms with Crippen LogP contribution in [0, 0.1) is 0 Å². The van der Waals surface area contributed by atoms with Gasteiger partial charge in [0.15, 0.2) is 0 Å². The van der Waals surface area contributed by atoms with Crippen LogP contribution in [0.25, 0.3) is 0 Å². The van der Waals surface area contributed by atoms with E-state index in [1.807, 2.05) is 30.3 Å². The second kappa shape index (κ2) is 11.3. The monoisotopic (exact) mass is 292 g/mol. The molecule has 1 aromatic carbocycles. The van der Waals surface area contributed by atoms with Crippen molar-refractivity contribution in [3.8, 4) is 0 Å². The Morgan fingerprint density at radius 1 is 1.05 bits per heavy atom. The van der Waals surface area contributed by atoms with Crippen molar-refractivity contribution in [2.75, 3.05) is 6.61 Å². The summed E-state index contributed by atoms with van der Waals surface area (Å²) in [6.07, 6.45) is 8.00. The maximum absolute atomic E-state index is 11.6. The highest BCUT2D eigenvalue weighted by Crippen LogP contribution is 2.13. The van der Waals surface area contributed by atoms with Crippen molar-refractivity contribution in [1.29, 1.82) is 0 Å². The lowest BCUT2D eigenvalue weighted by molar-refractivity contribution is -0.146. The molecular weight excluding hydrogens is 264 g/mol. The van der Waals surface area contributed by atoms with Gasteiger partial charge in [-0.05, 0) is 12.0 Å². The molecule has 0 saturated carbocycles. The van der Waals surface area contributed by atoms with Gasteiger partial charge < -0.3 is 9.84 Å². The Morgan fingerprint density at radius 2 is 1.67 bits per heavy atom. The molecule has 0 aromatic heterocycles. The van der Waals surface area contributed by atoms with Crippen molar-refractivity contribution in [3.05, 3.63) is 35.9 Å². The topological polar surface area (TPSA) is 46.5 Å². The maximum atomic E-state index is 11.6. The smallest absolute Gasteiger partial charge is 0.305 e. The number of hydrogen-bond acceptors (Lipinski definition) is 3. The zero-order valence-corrected chi connectivity index (χ0v) is 13.1. The van der Waals surface area contributed by atoms with Gasteiger partial charge in [-0.15, -0.1) is 0 Å². The van der Waals surface area contributed by atoms with Crippen molar-refractivity contribution in [3.63, 3.8) is 0 Å². The zero-order chi connectivity index (χ0) is 15.3. The molecule has 1 aromatic rings. The first-order valence-electron chi connectivity index (χ1n) is 8.12. The minimum absolute atomic E-state index is 0.0410. The van der Waals surface area contributed by atoms with Crippen molar-refractivity contribution in [2.45, 2.75) is 64.4 Å². The minimum atomic E-state index is -0.732. The van der Waals surface area contributed by atoms with E-state index >= 15 is 0 Å². The standard InChI is InChI=1S/C18H28O3/c1-2-3-4-5-6-7-11-14-18(20)21-15-17(19)16-12-9-8-10-13-16/h8-10,12-13,17,19H,2-7,11,14-15H2,1H3/t17-/m0/s1. The van der Waals surface area contributed by atoms with Gasteiger partial charge in [-0.1, -0.05) is 75.8 Å². The van der Waals surface area contributed by atoms with Crippen LogP contribution >= 0.6 is 0 Å². The van der Waals surface area contributed by atoms with E-state index in [4.69, 9.17) is 4.74 Å². The van der Waals surface area contributed by atoms with E-state index in [1.165, 1.54) is 32.1 Å². The molecular formula is C18H28O3. The minimum Gasteiger partial charge on any atom is -0.463 e. The zero-order valence-electron chi connectivity index (χ0n) is 13.1. The number of unbranched alkanes of at least 4 members (excludes halogenated alkanes) is 6. The van der Waals surface area contributed by atoms with Gasteiger partial charge in [0.1, 0.15) is 12.7 Å². The second-order valence-electron chi connectivity index (χ2n) is 5.48. The molecule has 0 aliphatic carbocycles. The average molecular weight is 292 g/mol. The highest BCUT2D eigenvalue weighted by molar-refractivity contribution is 5.69. The summed E-state index contributed by atoms with van der Waals surface area (Å²) in [6.45, 7) is 2.25. The number of hydrogen-bond donors (Lipinski definition) is 1. The Balaban J connectivity index is 2.03. The normalized spacial score (nSPS) is 12.1. The van der Waals surface area contributed by atoms with Crippen molar-refractivity contribution in [2.24, 2.45) is 0 Å². The molecule has 118 valence electrons. The second-order valence-corrected chi connectivity index (χ2v) is 5.48. The first-order chi connectivity index (χ1) is 10.2. The number of aliphatic hydroxyl groups is 1. The predicted octanol–water partition coefficient (Wildman–Crippen LogP) is 4.40. The number of esters is 1. The lowest BCUT2D eigenvalue weighted by atomic mass is 10.1. The van der Waals surface area contributed by atoms with Crippen LogP contribution in [0.3, 0.4) is 0 Å². The third-order valence-corrected chi connectivity index (χ3v) is 3.57. The number of rotatable bonds is 11. The molecule has 0 spiro atoms. The van der Waals surface area contributed by atoms with Crippen molar-refractivity contribution in [1.82, 2.24) is 0 Å². The number of carbonyl (C=O) groups is 1. The van der Waals surface area contributed by atoms with E-state index in [2.05, 4.69) is 6.92 Å². The molecule has 21 heavy (non-hydrogen) atoms. The first-order valence-corrected chi connectivity index (χ1v) is 8.12. The fourth-order valence-electron chi connectivity index (χ4n) is 2.24. The molecule has 0 aliphatic heterocycles. The summed E-state index contributed by atoms with van der Waals surface area (Å²) < 4.78 is 5.11. The van der Waals surface area contributed by atoms with Gasteiger partial charge in [0.2, 0.25) is 0 Å². The lowest BCUT2D eigenvalue weighted by Gasteiger charge is -2.11. The van der Waals surface area contributed by atoms with E-state index in [-0.39, 0.29) is 12.6 Å². The molecule has 0 radical (unpaired) electrons. The van der Waals surface area contributed by atoms with Gasteiger partial charge in [-0.3, -0.25) is 4.79 Å². The highest BCUT2D eigenvalue weighted by atomic mass is 16.5. The highest BCUT2D eigenvalue weighted by Gasteiger charge is 2.10. The summed E-state index contributed by atoms with van der Waals surface area (Å²) >= 11 is 0. The summed E-state index contributed by atoms with van der Waals surface area (Å²) in [5.74, 6) is -0.210. The quantitative estimate of drug-likeness (QED) is 0.485. The summed E-state index contributed by atoms with van der Waals surface area (Å²) in [7, 11) is 0. The molecule has 0 saturated heterocycles. The maximum Gasteiger partial charge on any atom is 0.305 e. The molecule has 0 unspecified atom stereocenters. The van der Waals surface area contributed by atoms with Gasteiger partial charge >= 0.3 is 5.97 Å². The SMILES string of the molecule is CCCCCCCCCC(=O)OC[C@H](O)c1ccccc1. The Labute approximate surface area is 128 Å². The van der Waals surface area contributed by atoms with Crippen LogP contribution in [0.15, 0.2) is 30.3 Å². The fraction of sp³-hybridized carbons (Fsp3) is 0.611. The molecule has 1 rings (SSSR count). The Morgan fingerprint density at radius 3 is 2.33 bits per heavy atom. The molecule has 0 fully saturated rings. The van der Waals surface area contributed by atoms with Crippen LogP contribution < -0.4 is 0 Å². The summed E-state index contributed by atoms with van der Waals surface area (Å²) in [4.78, 5) is 11.6. The lowest BCUT2D eigenvalue weighted by Crippen LogP contribution is -2.12. The predicted molar refractivity (Wildman–Crippen MR) is 85.0 cm³/mol. The van der Waals surface area contributed by atoms with E-state index in [0.717, 1.165) is 18.4 Å². The fourth-order valence-corrected chi connectivity index (χ4v) is 2.24. The van der Waals surface area contributed by atoms with Gasteiger partial charge in [-0.25, -0.2) is 0 Å². The molecule has 0 heterocycles. The van der Waals surface area contributed by atoms with Crippen LogP contribution in [0.2, 0.25) is 0 Å². The van der Waals surface area contributed by atoms with E-state index < -0.39 is 6.10 Å². The number of carbonyl (C=O) groups excluding carboxylic acids is 1. The number of ether oxygens (including phenoxy) is 1. The largest absolute Gasteiger partial charge is 0.463 e. The van der Waals surface area contributed by atoms with Crippen molar-refractivity contribution < 1.29 is 14.6 Å². The molecule has 3 nitrogen and oxygen atoms in total. The molecule has 0 aliphatic rings. The van der Waals surface area contributed by atoms with Gasteiger partial charge in [-0.2, -0.15) is 0 Å². The van der Waals surface area contributed by atoms with Gasteiger partial charge in [0.25, 0.3) is 0 Å². The number of aliphatic hydroxyl groups excluding tert-OH is 1. The first kappa shape index (κ1) is 17.7. The van der Waals surface area contributed by atoms with Crippen LogP contribution in [-0.2, 0) is 9.53 Å². The Kier molecular flexibility index (Phi) is 9.55. The molecule has 3 heteroatoms. The summed E-state index contributed by atoms with van der Waals surface area (Å²) in [5, 5.41) is 9.88. The van der Waals surface area contributed by atoms with Gasteiger partial charge in [0, 0.05) is 6.42 Å².